The number of alkyl halides is 2. The Balaban J connectivity index is 2.06. The van der Waals surface area contributed by atoms with Crippen LogP contribution in [0.25, 0.3) is 11.2 Å². The second-order valence-corrected chi connectivity index (χ2v) is 3.55. The van der Waals surface area contributed by atoms with Crippen LogP contribution >= 0.6 is 0 Å². The molecular weight excluding hydrogens is 248 g/mol. The van der Waals surface area contributed by atoms with Gasteiger partial charge in [-0.2, -0.15) is 4.98 Å². The van der Waals surface area contributed by atoms with Crippen molar-refractivity contribution in [3.8, 4) is 0 Å². The van der Waals surface area contributed by atoms with Crippen molar-refractivity contribution in [2.45, 2.75) is 12.8 Å². The molecule has 18 heavy (non-hydrogen) atoms. The molecule has 4 N–H and O–H groups in total. The highest BCUT2D eigenvalue weighted by molar-refractivity contribution is 5.70. The lowest BCUT2D eigenvalue weighted by Gasteiger charge is -2.00. The van der Waals surface area contributed by atoms with Crippen molar-refractivity contribution in [2.24, 2.45) is 0 Å². The van der Waals surface area contributed by atoms with E-state index in [0.29, 0.717) is 5.82 Å². The molecule has 0 unspecified atom stereocenters. The summed E-state index contributed by atoms with van der Waals surface area (Å²) in [5.41, 5.74) is 5.33. The van der Waals surface area contributed by atoms with Crippen molar-refractivity contribution < 1.29 is 13.5 Å². The number of ether oxygens (including phenoxy) is 1. The molecule has 0 amide bonds. The predicted molar refractivity (Wildman–Crippen MR) is 59.4 cm³/mol. The van der Waals surface area contributed by atoms with E-state index >= 15 is 0 Å². The molecule has 0 bridgehead atoms. The van der Waals surface area contributed by atoms with Crippen LogP contribution in [0.1, 0.15) is 5.82 Å². The number of rotatable bonds is 5. The summed E-state index contributed by atoms with van der Waals surface area (Å²) in [4.78, 5) is 24.4. The Morgan fingerprint density at radius 1 is 1.33 bits per heavy atom. The van der Waals surface area contributed by atoms with Gasteiger partial charge in [-0.1, -0.05) is 0 Å². The van der Waals surface area contributed by atoms with Gasteiger partial charge in [-0.3, -0.25) is 9.78 Å². The Bertz CT molecular complexity index is 594. The third kappa shape index (κ3) is 2.80. The molecule has 0 atom stereocenters. The van der Waals surface area contributed by atoms with Gasteiger partial charge in [0.2, 0.25) is 5.95 Å². The SMILES string of the molecule is Nc1nc2nc(CCOCC(F)F)[nH]c2c(=O)[nH]1. The maximum Gasteiger partial charge on any atom is 0.278 e. The lowest BCUT2D eigenvalue weighted by molar-refractivity contribution is 0.0183. The number of aromatic amines is 2. The van der Waals surface area contributed by atoms with Crippen LogP contribution in [0.2, 0.25) is 0 Å². The zero-order chi connectivity index (χ0) is 13.1. The minimum Gasteiger partial charge on any atom is -0.375 e. The number of fused-ring (bicyclic) bond motifs is 1. The van der Waals surface area contributed by atoms with E-state index in [2.05, 4.69) is 19.9 Å². The number of hydrogen-bond acceptors (Lipinski definition) is 5. The van der Waals surface area contributed by atoms with Crippen LogP contribution in [0.4, 0.5) is 14.7 Å². The van der Waals surface area contributed by atoms with E-state index in [1.54, 1.807) is 0 Å². The van der Waals surface area contributed by atoms with Crippen molar-refractivity contribution in [3.63, 3.8) is 0 Å². The van der Waals surface area contributed by atoms with Crippen LogP contribution in [0, 0.1) is 0 Å². The molecular formula is C9H11F2N5O2. The highest BCUT2D eigenvalue weighted by Gasteiger charge is 2.09. The Morgan fingerprint density at radius 3 is 2.83 bits per heavy atom. The van der Waals surface area contributed by atoms with Gasteiger partial charge in [0, 0.05) is 6.42 Å². The Morgan fingerprint density at radius 2 is 2.11 bits per heavy atom. The second kappa shape index (κ2) is 5.08. The lowest BCUT2D eigenvalue weighted by Crippen LogP contribution is -2.11. The summed E-state index contributed by atoms with van der Waals surface area (Å²) in [5.74, 6) is 0.405. The van der Waals surface area contributed by atoms with Crippen LogP contribution in [0.15, 0.2) is 4.79 Å². The molecule has 2 aromatic rings. The van der Waals surface area contributed by atoms with E-state index in [1.165, 1.54) is 0 Å². The normalized spacial score (nSPS) is 11.5. The molecule has 0 radical (unpaired) electrons. The molecule has 0 aromatic carbocycles. The Kier molecular flexibility index (Phi) is 3.51. The maximum atomic E-state index is 11.8. The van der Waals surface area contributed by atoms with Crippen LogP contribution in [-0.4, -0.2) is 39.6 Å². The number of nitrogen functional groups attached to an aromatic ring is 1. The first kappa shape index (κ1) is 12.4. The Labute approximate surface area is 99.4 Å². The van der Waals surface area contributed by atoms with Crippen LogP contribution in [-0.2, 0) is 11.2 Å². The van der Waals surface area contributed by atoms with Gasteiger partial charge in [0.15, 0.2) is 11.2 Å². The van der Waals surface area contributed by atoms with E-state index < -0.39 is 18.6 Å². The summed E-state index contributed by atoms with van der Waals surface area (Å²) < 4.78 is 28.3. The number of nitrogens with two attached hydrogens (primary N) is 1. The highest BCUT2D eigenvalue weighted by atomic mass is 19.3. The molecule has 0 aliphatic rings. The summed E-state index contributed by atoms with van der Waals surface area (Å²) in [6, 6.07) is 0. The maximum absolute atomic E-state index is 11.8. The summed E-state index contributed by atoms with van der Waals surface area (Å²) in [5, 5.41) is 0. The van der Waals surface area contributed by atoms with E-state index in [4.69, 9.17) is 10.5 Å². The number of nitrogens with one attached hydrogen (secondary N) is 2. The quantitative estimate of drug-likeness (QED) is 0.657. The van der Waals surface area contributed by atoms with Crippen molar-refractivity contribution in [2.75, 3.05) is 18.9 Å². The number of H-pyrrole nitrogens is 2. The molecule has 2 rings (SSSR count). The molecule has 7 nitrogen and oxygen atoms in total. The van der Waals surface area contributed by atoms with Gasteiger partial charge >= 0.3 is 0 Å². The summed E-state index contributed by atoms with van der Waals surface area (Å²) in [6.45, 7) is -0.538. The van der Waals surface area contributed by atoms with Gasteiger partial charge in [0.25, 0.3) is 12.0 Å². The predicted octanol–water partition coefficient (Wildman–Crippen LogP) is 0.0526. The average molecular weight is 259 g/mol. The number of halogens is 2. The first-order valence-corrected chi connectivity index (χ1v) is 5.16. The van der Waals surface area contributed by atoms with Gasteiger partial charge in [-0.15, -0.1) is 0 Å². The monoisotopic (exact) mass is 259 g/mol. The first-order valence-electron chi connectivity index (χ1n) is 5.16. The fourth-order valence-corrected chi connectivity index (χ4v) is 1.43. The summed E-state index contributed by atoms with van der Waals surface area (Å²) >= 11 is 0. The van der Waals surface area contributed by atoms with E-state index in [1.807, 2.05) is 0 Å². The molecule has 2 heterocycles. The van der Waals surface area contributed by atoms with Gasteiger partial charge < -0.3 is 15.5 Å². The fourth-order valence-electron chi connectivity index (χ4n) is 1.43. The van der Waals surface area contributed by atoms with Gasteiger partial charge in [-0.05, 0) is 0 Å². The molecule has 0 aliphatic heterocycles. The zero-order valence-electron chi connectivity index (χ0n) is 9.24. The highest BCUT2D eigenvalue weighted by Crippen LogP contribution is 2.05. The summed E-state index contributed by atoms with van der Waals surface area (Å²) in [6.07, 6.45) is -2.22. The third-order valence-corrected chi connectivity index (χ3v) is 2.16. The van der Waals surface area contributed by atoms with Crippen LogP contribution in [0.3, 0.4) is 0 Å². The number of hydrogen-bond donors (Lipinski definition) is 3. The first-order chi connectivity index (χ1) is 8.56. The second-order valence-electron chi connectivity index (χ2n) is 3.55. The van der Waals surface area contributed by atoms with Crippen LogP contribution in [0.5, 0.6) is 0 Å². The van der Waals surface area contributed by atoms with Crippen LogP contribution < -0.4 is 11.3 Å². The molecule has 0 saturated heterocycles. The Hall–Kier alpha value is -2.03. The van der Waals surface area contributed by atoms with Crippen molar-refractivity contribution in [3.05, 3.63) is 16.2 Å². The van der Waals surface area contributed by atoms with Crippen molar-refractivity contribution >= 4 is 17.1 Å². The minimum atomic E-state index is -2.50. The standard InChI is InChI=1S/C9H11F2N5O2/c10-4(11)3-18-2-1-5-13-6-7(14-5)15-9(12)16-8(6)17/h4H,1-3H2,(H4,12,13,14,15,16,17). The van der Waals surface area contributed by atoms with E-state index in [0.717, 1.165) is 0 Å². The number of imidazole rings is 1. The molecule has 98 valence electrons. The number of anilines is 1. The minimum absolute atomic E-state index is 0.0282. The van der Waals surface area contributed by atoms with Gasteiger partial charge in [-0.25, -0.2) is 13.8 Å². The number of nitrogens with zero attached hydrogens (tertiary/aromatic N) is 2. The summed E-state index contributed by atoms with van der Waals surface area (Å²) in [7, 11) is 0. The molecule has 0 spiro atoms. The fraction of sp³-hybridized carbons (Fsp3) is 0.444. The lowest BCUT2D eigenvalue weighted by atomic mass is 10.4. The van der Waals surface area contributed by atoms with Crippen molar-refractivity contribution in [1.82, 2.24) is 19.9 Å². The third-order valence-electron chi connectivity index (χ3n) is 2.16. The molecule has 9 heteroatoms. The van der Waals surface area contributed by atoms with Gasteiger partial charge in [0.1, 0.15) is 12.4 Å². The topological polar surface area (TPSA) is 110 Å². The molecule has 0 aliphatic carbocycles. The molecule has 0 saturated carbocycles. The van der Waals surface area contributed by atoms with E-state index in [-0.39, 0.29) is 30.1 Å². The van der Waals surface area contributed by atoms with E-state index in [9.17, 15) is 13.6 Å². The average Bonchev–Trinajstić information content (AvgIpc) is 2.67. The molecule has 2 aromatic heterocycles. The number of aromatic nitrogens is 4. The molecule has 0 fully saturated rings. The largest absolute Gasteiger partial charge is 0.375 e. The zero-order valence-corrected chi connectivity index (χ0v) is 9.24. The van der Waals surface area contributed by atoms with Crippen molar-refractivity contribution in [1.29, 1.82) is 0 Å². The van der Waals surface area contributed by atoms with Gasteiger partial charge in [0.05, 0.1) is 6.61 Å². The smallest absolute Gasteiger partial charge is 0.278 e.